The Morgan fingerprint density at radius 1 is 1.60 bits per heavy atom. The highest BCUT2D eigenvalue weighted by Gasteiger charge is 2.50. The van der Waals surface area contributed by atoms with Gasteiger partial charge in [0.05, 0.1) is 0 Å². The molecule has 2 unspecified atom stereocenters. The first-order valence-electron chi connectivity index (χ1n) is 5.21. The van der Waals surface area contributed by atoms with Crippen LogP contribution in [0, 0.1) is 5.41 Å². The highest BCUT2D eigenvalue weighted by molar-refractivity contribution is 9.10. The molecule has 0 aromatic carbocycles. The van der Waals surface area contributed by atoms with E-state index in [0.717, 1.165) is 10.9 Å². The first kappa shape index (κ1) is 10.8. The van der Waals surface area contributed by atoms with Gasteiger partial charge in [-0.15, -0.1) is 0 Å². The largest absolute Gasteiger partial charge is 0.299 e. The van der Waals surface area contributed by atoms with Gasteiger partial charge in [0, 0.05) is 34.6 Å². The van der Waals surface area contributed by atoms with Gasteiger partial charge in [0.1, 0.15) is 5.78 Å². The lowest BCUT2D eigenvalue weighted by Gasteiger charge is -2.45. The van der Waals surface area contributed by atoms with Crippen LogP contribution in [0.15, 0.2) is 22.9 Å². The van der Waals surface area contributed by atoms with Crippen molar-refractivity contribution in [3.8, 4) is 0 Å². The molecule has 0 N–H and O–H groups in total. The molecule has 1 heterocycles. The summed E-state index contributed by atoms with van der Waals surface area (Å²) in [6, 6.07) is 2.07. The summed E-state index contributed by atoms with van der Waals surface area (Å²) in [6.45, 7) is 4.14. The first-order chi connectivity index (χ1) is 7.08. The van der Waals surface area contributed by atoms with E-state index >= 15 is 0 Å². The highest BCUT2D eigenvalue weighted by atomic mass is 79.9. The van der Waals surface area contributed by atoms with Gasteiger partial charge in [-0.05, 0) is 34.0 Å². The van der Waals surface area contributed by atoms with Crippen LogP contribution in [0.1, 0.15) is 38.2 Å². The van der Waals surface area contributed by atoms with Crippen LogP contribution < -0.4 is 0 Å². The molecule has 1 aliphatic carbocycles. The molecule has 15 heavy (non-hydrogen) atoms. The van der Waals surface area contributed by atoms with E-state index in [4.69, 9.17) is 0 Å². The summed E-state index contributed by atoms with van der Waals surface area (Å²) in [5.41, 5.74) is 1.01. The summed E-state index contributed by atoms with van der Waals surface area (Å²) < 4.78 is 0.984. The maximum atomic E-state index is 11.6. The predicted molar refractivity (Wildman–Crippen MR) is 62.7 cm³/mol. The number of Topliss-reactive ketones (excluding diaryl/α,β-unsaturated/α-hetero) is 1. The van der Waals surface area contributed by atoms with E-state index in [-0.39, 0.29) is 5.41 Å². The summed E-state index contributed by atoms with van der Waals surface area (Å²) in [5.74, 6) is 0.731. The molecule has 0 saturated heterocycles. The third kappa shape index (κ3) is 1.63. The number of nitrogens with zero attached hydrogens (tertiary/aromatic N) is 1. The number of ketones is 1. The van der Waals surface area contributed by atoms with Gasteiger partial charge in [-0.2, -0.15) is 0 Å². The fraction of sp³-hybridized carbons (Fsp3) is 0.500. The van der Waals surface area contributed by atoms with E-state index in [1.54, 1.807) is 6.20 Å². The summed E-state index contributed by atoms with van der Waals surface area (Å²) in [5, 5.41) is 0. The van der Waals surface area contributed by atoms with Gasteiger partial charge in [0.25, 0.3) is 0 Å². The van der Waals surface area contributed by atoms with Gasteiger partial charge >= 0.3 is 0 Å². The third-order valence-corrected chi connectivity index (χ3v) is 4.09. The minimum absolute atomic E-state index is 0.164. The second kappa shape index (κ2) is 3.71. The van der Waals surface area contributed by atoms with Crippen LogP contribution in [0.25, 0.3) is 0 Å². The van der Waals surface area contributed by atoms with E-state index in [1.165, 1.54) is 5.56 Å². The summed E-state index contributed by atoms with van der Waals surface area (Å²) in [6.07, 6.45) is 5.22. The van der Waals surface area contributed by atoms with Crippen molar-refractivity contribution in [2.24, 2.45) is 5.41 Å². The normalized spacial score (nSPS) is 30.1. The molecular formula is C12H14BrNO. The fourth-order valence-corrected chi connectivity index (χ4v) is 2.64. The number of carbonyl (C=O) groups excluding carboxylic acids is 1. The van der Waals surface area contributed by atoms with Gasteiger partial charge < -0.3 is 0 Å². The Bertz CT molecular complexity index is 404. The molecule has 0 amide bonds. The van der Waals surface area contributed by atoms with Crippen LogP contribution in [0.2, 0.25) is 0 Å². The van der Waals surface area contributed by atoms with Crippen molar-refractivity contribution < 1.29 is 4.79 Å². The van der Waals surface area contributed by atoms with Crippen LogP contribution in [-0.4, -0.2) is 10.8 Å². The van der Waals surface area contributed by atoms with Crippen molar-refractivity contribution in [1.82, 2.24) is 4.98 Å². The lowest BCUT2D eigenvalue weighted by molar-refractivity contribution is -0.139. The lowest BCUT2D eigenvalue weighted by Crippen LogP contribution is -2.45. The second-order valence-corrected chi connectivity index (χ2v) is 5.30. The second-order valence-electron chi connectivity index (χ2n) is 4.39. The number of hydrogen-bond acceptors (Lipinski definition) is 2. The molecular weight excluding hydrogens is 254 g/mol. The number of rotatable bonds is 2. The number of pyridine rings is 1. The van der Waals surface area contributed by atoms with Crippen molar-refractivity contribution in [2.75, 3.05) is 0 Å². The zero-order valence-electron chi connectivity index (χ0n) is 8.96. The number of carbonyl (C=O) groups is 1. The Morgan fingerprint density at radius 2 is 2.33 bits per heavy atom. The van der Waals surface area contributed by atoms with Crippen molar-refractivity contribution >= 4 is 21.7 Å². The molecule has 0 bridgehead atoms. The van der Waals surface area contributed by atoms with Crippen LogP contribution >= 0.6 is 15.9 Å². The minimum Gasteiger partial charge on any atom is -0.299 e. The van der Waals surface area contributed by atoms with E-state index < -0.39 is 0 Å². The molecule has 3 heteroatoms. The Morgan fingerprint density at radius 3 is 2.87 bits per heavy atom. The molecule has 1 saturated carbocycles. The quantitative estimate of drug-likeness (QED) is 0.823. The molecule has 2 atom stereocenters. The minimum atomic E-state index is -0.164. The van der Waals surface area contributed by atoms with Crippen molar-refractivity contribution in [2.45, 2.75) is 32.6 Å². The van der Waals surface area contributed by atoms with Crippen molar-refractivity contribution in [3.63, 3.8) is 0 Å². The molecule has 0 radical (unpaired) electrons. The molecule has 1 aromatic heterocycles. The van der Waals surface area contributed by atoms with Crippen LogP contribution in [0.4, 0.5) is 0 Å². The Kier molecular flexibility index (Phi) is 2.67. The SMILES string of the molecule is CCC1(C)C(=O)CC1c1cncc(Br)c1. The van der Waals surface area contributed by atoms with Gasteiger partial charge in [0.15, 0.2) is 0 Å². The van der Waals surface area contributed by atoms with Gasteiger partial charge in [-0.3, -0.25) is 9.78 Å². The maximum absolute atomic E-state index is 11.6. The predicted octanol–water partition coefficient (Wildman–Crippen LogP) is 3.32. The number of halogens is 1. The third-order valence-electron chi connectivity index (χ3n) is 3.66. The lowest BCUT2D eigenvalue weighted by atomic mass is 9.57. The van der Waals surface area contributed by atoms with Gasteiger partial charge in [-0.1, -0.05) is 13.8 Å². The Balaban J connectivity index is 2.30. The Labute approximate surface area is 98.2 Å². The smallest absolute Gasteiger partial charge is 0.140 e. The standard InChI is InChI=1S/C12H14BrNO/c1-3-12(2)10(5-11(12)15)8-4-9(13)7-14-6-8/h4,6-7,10H,3,5H2,1-2H3. The van der Waals surface area contributed by atoms with Crippen LogP contribution in [0.3, 0.4) is 0 Å². The molecule has 2 rings (SSSR count). The van der Waals surface area contributed by atoms with E-state index in [9.17, 15) is 4.79 Å². The fourth-order valence-electron chi connectivity index (χ4n) is 2.26. The van der Waals surface area contributed by atoms with Crippen LogP contribution in [0.5, 0.6) is 0 Å². The van der Waals surface area contributed by atoms with Crippen LogP contribution in [-0.2, 0) is 4.79 Å². The Hall–Kier alpha value is -0.700. The number of hydrogen-bond donors (Lipinski definition) is 0. The van der Waals surface area contributed by atoms with Crippen molar-refractivity contribution in [3.05, 3.63) is 28.5 Å². The zero-order valence-corrected chi connectivity index (χ0v) is 10.5. The molecule has 0 aliphatic heterocycles. The molecule has 1 fully saturated rings. The average molecular weight is 268 g/mol. The van der Waals surface area contributed by atoms with Gasteiger partial charge in [-0.25, -0.2) is 0 Å². The van der Waals surface area contributed by atoms with Crippen molar-refractivity contribution in [1.29, 1.82) is 0 Å². The first-order valence-corrected chi connectivity index (χ1v) is 6.01. The summed E-state index contributed by atoms with van der Waals surface area (Å²) in [4.78, 5) is 15.8. The summed E-state index contributed by atoms with van der Waals surface area (Å²) in [7, 11) is 0. The highest BCUT2D eigenvalue weighted by Crippen LogP contribution is 2.51. The molecule has 2 nitrogen and oxygen atoms in total. The van der Waals surface area contributed by atoms with E-state index in [1.807, 2.05) is 6.20 Å². The average Bonchev–Trinajstić information content (AvgIpc) is 2.24. The monoisotopic (exact) mass is 267 g/mol. The summed E-state index contributed by atoms with van der Waals surface area (Å²) >= 11 is 3.41. The number of aromatic nitrogens is 1. The molecule has 1 aromatic rings. The topological polar surface area (TPSA) is 30.0 Å². The van der Waals surface area contributed by atoms with E-state index in [0.29, 0.717) is 18.1 Å². The molecule has 0 spiro atoms. The van der Waals surface area contributed by atoms with Gasteiger partial charge in [0.2, 0.25) is 0 Å². The van der Waals surface area contributed by atoms with E-state index in [2.05, 4.69) is 40.8 Å². The zero-order chi connectivity index (χ0) is 11.1. The maximum Gasteiger partial charge on any atom is 0.140 e. The molecule has 1 aliphatic rings. The molecule has 80 valence electrons.